The normalized spacial score (nSPS) is 13.4. The quantitative estimate of drug-likeness (QED) is 0.500. The number of hydrogen-bond acceptors (Lipinski definition) is 5. The number of imidazole rings is 1. The molecule has 29 heavy (non-hydrogen) atoms. The Morgan fingerprint density at radius 1 is 1.14 bits per heavy atom. The third-order valence-electron chi connectivity index (χ3n) is 5.43. The van der Waals surface area contributed by atoms with Gasteiger partial charge >= 0.3 is 0 Å². The molecule has 1 aliphatic carbocycles. The molecule has 0 radical (unpaired) electrons. The molecule has 1 aromatic carbocycles. The summed E-state index contributed by atoms with van der Waals surface area (Å²) in [4.78, 5) is 9.13. The smallest absolute Gasteiger partial charge is 0.188 e. The number of anilines is 2. The minimum Gasteiger partial charge on any atom is -0.316 e. The minimum atomic E-state index is 0.864. The van der Waals surface area contributed by atoms with Gasteiger partial charge in [0.1, 0.15) is 5.82 Å². The van der Waals surface area contributed by atoms with Crippen molar-refractivity contribution in [2.45, 2.75) is 46.1 Å². The van der Waals surface area contributed by atoms with Crippen LogP contribution in [0.4, 0.5) is 10.9 Å². The third-order valence-corrected chi connectivity index (χ3v) is 6.18. The summed E-state index contributed by atoms with van der Waals surface area (Å²) in [6, 6.07) is 8.43. The Balaban J connectivity index is 1.38. The zero-order valence-electron chi connectivity index (χ0n) is 16.7. The molecule has 0 saturated heterocycles. The Morgan fingerprint density at radius 2 is 1.97 bits per heavy atom. The van der Waals surface area contributed by atoms with E-state index in [9.17, 15) is 0 Å². The molecule has 3 heterocycles. The molecule has 1 N–H and O–H groups in total. The molecule has 0 fully saturated rings. The molecule has 1 aliphatic rings. The van der Waals surface area contributed by atoms with Crippen LogP contribution in [0.2, 0.25) is 0 Å². The number of hydrogen-bond donors (Lipinski definition) is 1. The van der Waals surface area contributed by atoms with Crippen molar-refractivity contribution in [1.29, 1.82) is 0 Å². The summed E-state index contributed by atoms with van der Waals surface area (Å²) in [5.41, 5.74) is 6.83. The SMILES string of the molecule is CCn1nc2c(c1Nc1nc(-c3ccc(-n4cnc(C)c4)cc3)cs1)CCCC2. The van der Waals surface area contributed by atoms with Crippen LogP contribution in [0.25, 0.3) is 16.9 Å². The largest absolute Gasteiger partial charge is 0.316 e. The van der Waals surface area contributed by atoms with Crippen LogP contribution in [0.15, 0.2) is 42.2 Å². The van der Waals surface area contributed by atoms with Crippen LogP contribution in [0.5, 0.6) is 0 Å². The van der Waals surface area contributed by atoms with Gasteiger partial charge in [0.05, 0.1) is 23.4 Å². The first-order chi connectivity index (χ1) is 14.2. The molecule has 0 aliphatic heterocycles. The summed E-state index contributed by atoms with van der Waals surface area (Å²) in [5.74, 6) is 1.12. The molecular weight excluding hydrogens is 380 g/mol. The summed E-state index contributed by atoms with van der Waals surface area (Å²) in [5, 5.41) is 11.4. The molecule has 0 saturated carbocycles. The summed E-state index contributed by atoms with van der Waals surface area (Å²) in [6.45, 7) is 5.00. The van der Waals surface area contributed by atoms with Gasteiger partial charge in [0.15, 0.2) is 5.13 Å². The molecular formula is C22H24N6S. The monoisotopic (exact) mass is 404 g/mol. The van der Waals surface area contributed by atoms with E-state index >= 15 is 0 Å². The van der Waals surface area contributed by atoms with Crippen LogP contribution >= 0.6 is 11.3 Å². The number of thiazole rings is 1. The Hall–Kier alpha value is -2.93. The average molecular weight is 405 g/mol. The van der Waals surface area contributed by atoms with E-state index in [1.807, 2.05) is 24.0 Å². The standard InChI is InChI=1S/C22H24N6S/c1-3-28-21(18-6-4-5-7-19(18)26-28)25-22-24-20(13-29-22)16-8-10-17(11-9-16)27-12-15(2)23-14-27/h8-14H,3-7H2,1-2H3,(H,24,25). The maximum absolute atomic E-state index is 4.83. The van der Waals surface area contributed by atoms with Crippen LogP contribution in [-0.4, -0.2) is 24.3 Å². The summed E-state index contributed by atoms with van der Waals surface area (Å²) in [6.07, 6.45) is 8.53. The summed E-state index contributed by atoms with van der Waals surface area (Å²) >= 11 is 1.64. The van der Waals surface area contributed by atoms with Gasteiger partial charge in [0.2, 0.25) is 0 Å². The minimum absolute atomic E-state index is 0.864. The van der Waals surface area contributed by atoms with Crippen molar-refractivity contribution in [1.82, 2.24) is 24.3 Å². The van der Waals surface area contributed by atoms with Gasteiger partial charge in [-0.15, -0.1) is 11.3 Å². The Labute approximate surface area is 174 Å². The first kappa shape index (κ1) is 18.1. The molecule has 0 atom stereocenters. The van der Waals surface area contributed by atoms with Crippen LogP contribution in [0.3, 0.4) is 0 Å². The molecule has 148 valence electrons. The fraction of sp³-hybridized carbons (Fsp3) is 0.318. The highest BCUT2D eigenvalue weighted by molar-refractivity contribution is 7.14. The van der Waals surface area contributed by atoms with Crippen molar-refractivity contribution in [3.8, 4) is 16.9 Å². The van der Waals surface area contributed by atoms with Gasteiger partial charge in [-0.05, 0) is 51.7 Å². The van der Waals surface area contributed by atoms with Crippen LogP contribution in [0.1, 0.15) is 36.7 Å². The molecule has 0 unspecified atom stereocenters. The van der Waals surface area contributed by atoms with Crippen molar-refractivity contribution in [2.24, 2.45) is 0 Å². The lowest BCUT2D eigenvalue weighted by Gasteiger charge is -2.12. The highest BCUT2D eigenvalue weighted by Crippen LogP contribution is 2.32. The zero-order chi connectivity index (χ0) is 19.8. The van der Waals surface area contributed by atoms with Crippen molar-refractivity contribution in [3.05, 3.63) is 59.1 Å². The number of benzene rings is 1. The van der Waals surface area contributed by atoms with E-state index in [0.29, 0.717) is 0 Å². The van der Waals surface area contributed by atoms with E-state index in [4.69, 9.17) is 10.1 Å². The second-order valence-electron chi connectivity index (χ2n) is 7.43. The average Bonchev–Trinajstić information content (AvgIpc) is 3.48. The highest BCUT2D eigenvalue weighted by atomic mass is 32.1. The molecule has 4 aromatic rings. The lowest BCUT2D eigenvalue weighted by atomic mass is 9.97. The topological polar surface area (TPSA) is 60.6 Å². The van der Waals surface area contributed by atoms with Gasteiger partial charge in [-0.2, -0.15) is 5.10 Å². The highest BCUT2D eigenvalue weighted by Gasteiger charge is 2.21. The predicted molar refractivity (Wildman–Crippen MR) is 117 cm³/mol. The van der Waals surface area contributed by atoms with Crippen molar-refractivity contribution < 1.29 is 0 Å². The molecule has 6 nitrogen and oxygen atoms in total. The van der Waals surface area contributed by atoms with Gasteiger partial charge < -0.3 is 9.88 Å². The van der Waals surface area contributed by atoms with E-state index in [0.717, 1.165) is 53.0 Å². The third kappa shape index (κ3) is 3.46. The fourth-order valence-corrected chi connectivity index (χ4v) is 4.63. The van der Waals surface area contributed by atoms with Crippen molar-refractivity contribution >= 4 is 22.3 Å². The number of aromatic nitrogens is 5. The summed E-state index contributed by atoms with van der Waals surface area (Å²) in [7, 11) is 0. The second kappa shape index (κ2) is 7.48. The Morgan fingerprint density at radius 3 is 2.72 bits per heavy atom. The van der Waals surface area contributed by atoms with Crippen molar-refractivity contribution in [2.75, 3.05) is 5.32 Å². The number of aryl methyl sites for hydroxylation is 3. The van der Waals surface area contributed by atoms with E-state index in [1.165, 1.54) is 24.1 Å². The summed E-state index contributed by atoms with van der Waals surface area (Å²) < 4.78 is 4.11. The van der Waals surface area contributed by atoms with Crippen LogP contribution < -0.4 is 5.32 Å². The molecule has 7 heteroatoms. The van der Waals surface area contributed by atoms with Gasteiger partial charge in [0.25, 0.3) is 0 Å². The maximum atomic E-state index is 4.83. The second-order valence-corrected chi connectivity index (χ2v) is 8.29. The van der Waals surface area contributed by atoms with E-state index < -0.39 is 0 Å². The number of rotatable bonds is 5. The van der Waals surface area contributed by atoms with Gasteiger partial charge in [-0.25, -0.2) is 14.6 Å². The lowest BCUT2D eigenvalue weighted by Crippen LogP contribution is -2.04. The first-order valence-corrected chi connectivity index (χ1v) is 11.0. The molecule has 3 aromatic heterocycles. The van der Waals surface area contributed by atoms with Crippen LogP contribution in [0, 0.1) is 6.92 Å². The maximum Gasteiger partial charge on any atom is 0.188 e. The molecule has 5 rings (SSSR count). The Kier molecular flexibility index (Phi) is 4.67. The Bertz CT molecular complexity index is 1130. The first-order valence-electron chi connectivity index (χ1n) is 10.1. The van der Waals surface area contributed by atoms with Gasteiger partial charge in [0, 0.05) is 34.9 Å². The molecule has 0 amide bonds. The van der Waals surface area contributed by atoms with Gasteiger partial charge in [-0.3, -0.25) is 0 Å². The molecule has 0 spiro atoms. The van der Waals surface area contributed by atoms with E-state index in [2.05, 4.69) is 51.6 Å². The number of nitrogens with zero attached hydrogens (tertiary/aromatic N) is 5. The van der Waals surface area contributed by atoms with E-state index in [-0.39, 0.29) is 0 Å². The van der Waals surface area contributed by atoms with Crippen molar-refractivity contribution in [3.63, 3.8) is 0 Å². The number of nitrogens with one attached hydrogen (secondary N) is 1. The van der Waals surface area contributed by atoms with Gasteiger partial charge in [-0.1, -0.05) is 12.1 Å². The predicted octanol–water partition coefficient (Wildman–Crippen LogP) is 5.14. The fourth-order valence-electron chi connectivity index (χ4n) is 3.91. The number of fused-ring (bicyclic) bond motifs is 1. The van der Waals surface area contributed by atoms with E-state index in [1.54, 1.807) is 11.3 Å². The lowest BCUT2D eigenvalue weighted by molar-refractivity contribution is 0.635. The zero-order valence-corrected chi connectivity index (χ0v) is 17.5. The van der Waals surface area contributed by atoms with Crippen LogP contribution in [-0.2, 0) is 19.4 Å². The molecule has 0 bridgehead atoms.